The van der Waals surface area contributed by atoms with E-state index in [9.17, 15) is 0 Å². The van der Waals surface area contributed by atoms with Gasteiger partial charge in [-0.1, -0.05) is 23.9 Å². The Morgan fingerprint density at radius 3 is 2.71 bits per heavy atom. The van der Waals surface area contributed by atoms with Crippen LogP contribution in [0.4, 0.5) is 0 Å². The van der Waals surface area contributed by atoms with Crippen molar-refractivity contribution in [2.45, 2.75) is 11.0 Å². The van der Waals surface area contributed by atoms with Crippen LogP contribution in [0.3, 0.4) is 0 Å². The van der Waals surface area contributed by atoms with E-state index in [4.69, 9.17) is 14.1 Å². The lowest BCUT2D eigenvalue weighted by Crippen LogP contribution is -1.84. The van der Waals surface area contributed by atoms with Crippen molar-refractivity contribution in [1.82, 2.24) is 9.97 Å². The SMILES string of the molecule is COc1ccc(-c2nc(CSc3nc4ccccc4o3)cs2)cc1. The summed E-state index contributed by atoms with van der Waals surface area (Å²) in [7, 11) is 1.67. The Morgan fingerprint density at radius 1 is 1.08 bits per heavy atom. The number of para-hydroxylation sites is 2. The minimum Gasteiger partial charge on any atom is -0.497 e. The lowest BCUT2D eigenvalue weighted by Gasteiger charge is -2.00. The molecule has 4 aromatic rings. The van der Waals surface area contributed by atoms with E-state index in [0.29, 0.717) is 5.22 Å². The van der Waals surface area contributed by atoms with Crippen molar-refractivity contribution in [1.29, 1.82) is 0 Å². The molecule has 0 radical (unpaired) electrons. The highest BCUT2D eigenvalue weighted by atomic mass is 32.2. The van der Waals surface area contributed by atoms with Crippen LogP contribution < -0.4 is 4.74 Å². The van der Waals surface area contributed by atoms with Crippen LogP contribution in [0.5, 0.6) is 5.75 Å². The third-order valence-electron chi connectivity index (χ3n) is 3.51. The van der Waals surface area contributed by atoms with Crippen molar-refractivity contribution in [3.63, 3.8) is 0 Å². The average Bonchev–Trinajstić information content (AvgIpc) is 3.26. The number of fused-ring (bicyclic) bond motifs is 1. The number of rotatable bonds is 5. The number of methoxy groups -OCH3 is 1. The van der Waals surface area contributed by atoms with Gasteiger partial charge in [0.25, 0.3) is 5.22 Å². The molecule has 0 bridgehead atoms. The second kappa shape index (κ2) is 6.67. The summed E-state index contributed by atoms with van der Waals surface area (Å²) in [6.45, 7) is 0. The Kier molecular flexibility index (Phi) is 4.23. The van der Waals surface area contributed by atoms with Gasteiger partial charge < -0.3 is 9.15 Å². The number of hydrogen-bond acceptors (Lipinski definition) is 6. The first-order chi connectivity index (χ1) is 11.8. The maximum Gasteiger partial charge on any atom is 0.257 e. The topological polar surface area (TPSA) is 48.2 Å². The first-order valence-corrected chi connectivity index (χ1v) is 9.25. The number of benzene rings is 2. The molecular weight excluding hydrogens is 340 g/mol. The van der Waals surface area contributed by atoms with Gasteiger partial charge in [0.05, 0.1) is 12.8 Å². The standard InChI is InChI=1S/C18H14N2O2S2/c1-21-14-8-6-12(7-9-14)17-19-13(10-23-17)11-24-18-20-15-4-2-3-5-16(15)22-18/h2-10H,11H2,1H3. The molecule has 6 heteroatoms. The quantitative estimate of drug-likeness (QED) is 0.458. The van der Waals surface area contributed by atoms with Gasteiger partial charge in [-0.3, -0.25) is 0 Å². The zero-order valence-corrected chi connectivity index (χ0v) is 14.6. The first kappa shape index (κ1) is 15.2. The van der Waals surface area contributed by atoms with Crippen LogP contribution in [0.25, 0.3) is 21.7 Å². The molecule has 0 aliphatic heterocycles. The normalized spacial score (nSPS) is 11.0. The number of aromatic nitrogens is 2. The van der Waals surface area contributed by atoms with Crippen LogP contribution in [0.15, 0.2) is 63.6 Å². The van der Waals surface area contributed by atoms with Crippen molar-refractivity contribution >= 4 is 34.2 Å². The highest BCUT2D eigenvalue weighted by Gasteiger charge is 2.09. The fourth-order valence-electron chi connectivity index (χ4n) is 2.29. The molecule has 0 N–H and O–H groups in total. The zero-order valence-electron chi connectivity index (χ0n) is 12.9. The Morgan fingerprint density at radius 2 is 1.92 bits per heavy atom. The summed E-state index contributed by atoms with van der Waals surface area (Å²) in [6, 6.07) is 15.7. The molecule has 0 unspecified atom stereocenters. The van der Waals surface area contributed by atoms with E-state index in [1.807, 2.05) is 48.5 Å². The second-order valence-electron chi connectivity index (χ2n) is 5.11. The van der Waals surface area contributed by atoms with Crippen LogP contribution in [0.2, 0.25) is 0 Å². The van der Waals surface area contributed by atoms with Crippen molar-refractivity contribution in [2.24, 2.45) is 0 Å². The Bertz CT molecular complexity index is 927. The van der Waals surface area contributed by atoms with Gasteiger partial charge >= 0.3 is 0 Å². The molecule has 24 heavy (non-hydrogen) atoms. The largest absolute Gasteiger partial charge is 0.497 e. The van der Waals surface area contributed by atoms with Crippen molar-refractivity contribution in [3.8, 4) is 16.3 Å². The summed E-state index contributed by atoms with van der Waals surface area (Å²) in [6.07, 6.45) is 0. The van der Waals surface area contributed by atoms with Gasteiger partial charge in [-0.15, -0.1) is 11.3 Å². The molecule has 2 aromatic carbocycles. The van der Waals surface area contributed by atoms with E-state index >= 15 is 0 Å². The molecule has 0 saturated carbocycles. The van der Waals surface area contributed by atoms with E-state index in [2.05, 4.69) is 10.4 Å². The van der Waals surface area contributed by atoms with Gasteiger partial charge in [-0.2, -0.15) is 0 Å². The highest BCUT2D eigenvalue weighted by molar-refractivity contribution is 7.98. The van der Waals surface area contributed by atoms with Crippen LogP contribution in [0, 0.1) is 0 Å². The van der Waals surface area contributed by atoms with Crippen molar-refractivity contribution in [2.75, 3.05) is 7.11 Å². The van der Waals surface area contributed by atoms with E-state index in [0.717, 1.165) is 38.9 Å². The fourth-order valence-corrected chi connectivity index (χ4v) is 3.95. The molecule has 0 fully saturated rings. The molecule has 4 rings (SSSR count). The molecular formula is C18H14N2O2S2. The minimum absolute atomic E-state index is 0.676. The maximum absolute atomic E-state index is 5.72. The van der Waals surface area contributed by atoms with Crippen molar-refractivity contribution in [3.05, 3.63) is 59.6 Å². The van der Waals surface area contributed by atoms with Gasteiger partial charge in [-0.05, 0) is 36.4 Å². The lowest BCUT2D eigenvalue weighted by atomic mass is 10.2. The summed E-state index contributed by atoms with van der Waals surface area (Å²) in [4.78, 5) is 9.16. The Balaban J connectivity index is 1.46. The summed E-state index contributed by atoms with van der Waals surface area (Å²) in [5.74, 6) is 1.58. The number of thiazole rings is 1. The number of nitrogens with zero attached hydrogens (tertiary/aromatic N) is 2. The molecule has 0 aliphatic rings. The van der Waals surface area contributed by atoms with Gasteiger partial charge in [0, 0.05) is 16.7 Å². The molecule has 4 nitrogen and oxygen atoms in total. The molecule has 0 saturated heterocycles. The zero-order chi connectivity index (χ0) is 16.4. The summed E-state index contributed by atoms with van der Waals surface area (Å²) < 4.78 is 10.9. The molecule has 0 amide bonds. The van der Waals surface area contributed by atoms with Gasteiger partial charge in [0.1, 0.15) is 16.3 Å². The highest BCUT2D eigenvalue weighted by Crippen LogP contribution is 2.30. The smallest absolute Gasteiger partial charge is 0.257 e. The van der Waals surface area contributed by atoms with E-state index in [1.54, 1.807) is 30.2 Å². The number of ether oxygens (including phenoxy) is 1. The third-order valence-corrected chi connectivity index (χ3v) is 5.31. The molecule has 0 aliphatic carbocycles. The van der Waals surface area contributed by atoms with Gasteiger partial charge in [0.2, 0.25) is 0 Å². The van der Waals surface area contributed by atoms with Crippen LogP contribution in [-0.4, -0.2) is 17.1 Å². The third kappa shape index (κ3) is 3.16. The fraction of sp³-hybridized carbons (Fsp3) is 0.111. The number of hydrogen-bond donors (Lipinski definition) is 0. The number of oxazole rings is 1. The second-order valence-corrected chi connectivity index (χ2v) is 6.89. The van der Waals surface area contributed by atoms with E-state index in [1.165, 1.54) is 0 Å². The van der Waals surface area contributed by atoms with E-state index in [-0.39, 0.29) is 0 Å². The predicted molar refractivity (Wildman–Crippen MR) is 97.7 cm³/mol. The molecule has 0 atom stereocenters. The first-order valence-electron chi connectivity index (χ1n) is 7.39. The monoisotopic (exact) mass is 354 g/mol. The lowest BCUT2D eigenvalue weighted by molar-refractivity contribution is 0.415. The maximum atomic E-state index is 5.72. The molecule has 0 spiro atoms. The van der Waals surface area contributed by atoms with Crippen LogP contribution >= 0.6 is 23.1 Å². The van der Waals surface area contributed by atoms with Crippen LogP contribution in [0.1, 0.15) is 5.69 Å². The molecule has 120 valence electrons. The summed E-state index contributed by atoms with van der Waals surface area (Å²) in [5.41, 5.74) is 3.83. The van der Waals surface area contributed by atoms with Gasteiger partial charge in [0.15, 0.2) is 5.58 Å². The number of thioether (sulfide) groups is 1. The van der Waals surface area contributed by atoms with Crippen molar-refractivity contribution < 1.29 is 9.15 Å². The predicted octanol–water partition coefficient (Wildman–Crippen LogP) is 5.25. The minimum atomic E-state index is 0.676. The van der Waals surface area contributed by atoms with Gasteiger partial charge in [-0.25, -0.2) is 9.97 Å². The molecule has 2 heterocycles. The Labute approximate surface area is 147 Å². The average molecular weight is 354 g/mol. The summed E-state index contributed by atoms with van der Waals surface area (Å²) in [5, 5.41) is 3.76. The van der Waals surface area contributed by atoms with Crippen LogP contribution in [-0.2, 0) is 5.75 Å². The molecule has 2 aromatic heterocycles. The Hall–Kier alpha value is -2.31. The summed E-state index contributed by atoms with van der Waals surface area (Å²) >= 11 is 3.20. The van der Waals surface area contributed by atoms with E-state index < -0.39 is 0 Å².